The van der Waals surface area contributed by atoms with Crippen LogP contribution in [0.4, 0.5) is 13.2 Å². The molecular formula is C15H20F3NO2. The summed E-state index contributed by atoms with van der Waals surface area (Å²) < 4.78 is 42.0. The largest absolute Gasteiger partial charge is 0.497 e. The highest BCUT2D eigenvalue weighted by atomic mass is 19.4. The Morgan fingerprint density at radius 2 is 2.10 bits per heavy atom. The van der Waals surface area contributed by atoms with Crippen LogP contribution in [0.3, 0.4) is 0 Å². The highest BCUT2D eigenvalue weighted by Crippen LogP contribution is 2.35. The number of hydrogen-bond acceptors (Lipinski definition) is 3. The molecule has 0 bridgehead atoms. The Labute approximate surface area is 122 Å². The Hall–Kier alpha value is -1.27. The van der Waals surface area contributed by atoms with Gasteiger partial charge < -0.3 is 14.7 Å². The van der Waals surface area contributed by atoms with Crippen LogP contribution >= 0.6 is 0 Å². The predicted octanol–water partition coefficient (Wildman–Crippen LogP) is 2.93. The Kier molecular flexibility index (Phi) is 4.78. The van der Waals surface area contributed by atoms with Gasteiger partial charge in [-0.15, -0.1) is 0 Å². The number of halogens is 3. The van der Waals surface area contributed by atoms with Crippen molar-refractivity contribution in [3.8, 4) is 5.75 Å². The monoisotopic (exact) mass is 303 g/mol. The first kappa shape index (κ1) is 16.1. The van der Waals surface area contributed by atoms with Crippen LogP contribution in [0.15, 0.2) is 18.2 Å². The number of hydrogen-bond donors (Lipinski definition) is 1. The smallest absolute Gasteiger partial charge is 0.390 e. The number of benzene rings is 1. The fourth-order valence-electron chi connectivity index (χ4n) is 2.81. The van der Waals surface area contributed by atoms with E-state index in [-0.39, 0.29) is 12.6 Å². The molecule has 0 saturated carbocycles. The molecule has 1 aliphatic rings. The first-order valence-electron chi connectivity index (χ1n) is 6.93. The van der Waals surface area contributed by atoms with Crippen LogP contribution in [0.25, 0.3) is 0 Å². The van der Waals surface area contributed by atoms with E-state index in [0.717, 1.165) is 23.3 Å². The molecule has 6 heteroatoms. The Morgan fingerprint density at radius 3 is 2.71 bits per heavy atom. The molecule has 0 saturated heterocycles. The number of nitrogens with zero attached hydrogens (tertiary/aromatic N) is 1. The van der Waals surface area contributed by atoms with Gasteiger partial charge in [-0.2, -0.15) is 13.2 Å². The summed E-state index contributed by atoms with van der Waals surface area (Å²) in [4.78, 5) is 1.60. The number of fused-ring (bicyclic) bond motifs is 1. The number of aryl methyl sites for hydroxylation is 1. The van der Waals surface area contributed by atoms with E-state index in [0.29, 0.717) is 6.42 Å². The summed E-state index contributed by atoms with van der Waals surface area (Å²) in [6.45, 7) is -0.100. The molecule has 1 N–H and O–H groups in total. The van der Waals surface area contributed by atoms with Crippen LogP contribution in [-0.4, -0.2) is 42.9 Å². The van der Waals surface area contributed by atoms with Crippen LogP contribution in [0, 0.1) is 0 Å². The van der Waals surface area contributed by atoms with Crippen LogP contribution in [0.1, 0.15) is 30.1 Å². The lowest BCUT2D eigenvalue weighted by Crippen LogP contribution is -2.41. The van der Waals surface area contributed by atoms with E-state index in [9.17, 15) is 18.3 Å². The minimum atomic E-state index is -4.17. The lowest BCUT2D eigenvalue weighted by Gasteiger charge is -2.36. The third-order valence-electron chi connectivity index (χ3n) is 4.06. The fourth-order valence-corrected chi connectivity index (χ4v) is 2.81. The molecular weight excluding hydrogens is 283 g/mol. The summed E-state index contributed by atoms with van der Waals surface area (Å²) in [5.74, 6) is 0.727. The summed E-state index contributed by atoms with van der Waals surface area (Å²) in [7, 11) is 3.21. The molecule has 2 rings (SSSR count). The van der Waals surface area contributed by atoms with Crippen molar-refractivity contribution < 1.29 is 23.0 Å². The second-order valence-electron chi connectivity index (χ2n) is 5.46. The standard InChI is InChI=1S/C15H20F3NO2/c1-19(8-7-15(16,17)18)13-6-3-10-9-11(21-2)4-5-12(10)14(13)20/h4-5,9,13-14,20H,3,6-8H2,1-2H3. The SMILES string of the molecule is COc1ccc2c(c1)CCC(N(C)CCC(F)(F)F)C2O. The number of ether oxygens (including phenoxy) is 1. The molecule has 3 nitrogen and oxygen atoms in total. The van der Waals surface area contributed by atoms with Crippen molar-refractivity contribution in [2.45, 2.75) is 37.6 Å². The summed E-state index contributed by atoms with van der Waals surface area (Å²) >= 11 is 0. The average Bonchev–Trinajstić information content (AvgIpc) is 2.44. The molecule has 118 valence electrons. The van der Waals surface area contributed by atoms with Gasteiger partial charge in [0.05, 0.1) is 19.6 Å². The minimum absolute atomic E-state index is 0.100. The maximum absolute atomic E-state index is 12.3. The van der Waals surface area contributed by atoms with Crippen molar-refractivity contribution >= 4 is 0 Å². The van der Waals surface area contributed by atoms with E-state index in [2.05, 4.69) is 0 Å². The molecule has 0 radical (unpaired) electrons. The molecule has 0 aliphatic heterocycles. The van der Waals surface area contributed by atoms with Crippen molar-refractivity contribution in [3.05, 3.63) is 29.3 Å². The number of rotatable bonds is 4. The molecule has 1 aliphatic carbocycles. The Balaban J connectivity index is 2.07. The van der Waals surface area contributed by atoms with Crippen molar-refractivity contribution in [2.75, 3.05) is 20.7 Å². The lowest BCUT2D eigenvalue weighted by molar-refractivity contribution is -0.139. The topological polar surface area (TPSA) is 32.7 Å². The number of alkyl halides is 3. The van der Waals surface area contributed by atoms with Gasteiger partial charge in [-0.25, -0.2) is 0 Å². The first-order valence-corrected chi connectivity index (χ1v) is 6.93. The number of methoxy groups -OCH3 is 1. The number of likely N-dealkylation sites (N-methyl/N-ethyl adjacent to an activating group) is 1. The zero-order chi connectivity index (χ0) is 15.6. The molecule has 1 aromatic rings. The van der Waals surface area contributed by atoms with Gasteiger partial charge in [0.15, 0.2) is 0 Å². The molecule has 1 aromatic carbocycles. The first-order chi connectivity index (χ1) is 9.81. The van der Waals surface area contributed by atoms with Gasteiger partial charge in [-0.05, 0) is 43.1 Å². The Morgan fingerprint density at radius 1 is 1.38 bits per heavy atom. The van der Waals surface area contributed by atoms with Gasteiger partial charge >= 0.3 is 6.18 Å². The van der Waals surface area contributed by atoms with E-state index in [1.54, 1.807) is 31.2 Å². The van der Waals surface area contributed by atoms with E-state index in [1.165, 1.54) is 0 Å². The maximum atomic E-state index is 12.3. The summed E-state index contributed by atoms with van der Waals surface area (Å²) in [5.41, 5.74) is 1.79. The van der Waals surface area contributed by atoms with Crippen molar-refractivity contribution in [3.63, 3.8) is 0 Å². The van der Waals surface area contributed by atoms with E-state index >= 15 is 0 Å². The Bertz CT molecular complexity index is 490. The van der Waals surface area contributed by atoms with Crippen molar-refractivity contribution in [1.29, 1.82) is 0 Å². The highest BCUT2D eigenvalue weighted by molar-refractivity contribution is 5.39. The van der Waals surface area contributed by atoms with E-state index in [4.69, 9.17) is 4.74 Å². The lowest BCUT2D eigenvalue weighted by atomic mass is 9.85. The molecule has 21 heavy (non-hydrogen) atoms. The molecule has 2 atom stereocenters. The second kappa shape index (κ2) is 6.23. The number of aliphatic hydroxyl groups excluding tert-OH is 1. The molecule has 0 heterocycles. The summed E-state index contributed by atoms with van der Waals surface area (Å²) in [5, 5.41) is 10.4. The zero-order valence-corrected chi connectivity index (χ0v) is 12.2. The molecule has 0 aromatic heterocycles. The molecule has 0 spiro atoms. The quantitative estimate of drug-likeness (QED) is 0.928. The third-order valence-corrected chi connectivity index (χ3v) is 4.06. The van der Waals surface area contributed by atoms with E-state index < -0.39 is 18.7 Å². The zero-order valence-electron chi connectivity index (χ0n) is 12.2. The molecule has 2 unspecified atom stereocenters. The minimum Gasteiger partial charge on any atom is -0.497 e. The van der Waals surface area contributed by atoms with Gasteiger partial charge in [-0.3, -0.25) is 0 Å². The van der Waals surface area contributed by atoms with Crippen LogP contribution in [-0.2, 0) is 6.42 Å². The van der Waals surface area contributed by atoms with Gasteiger partial charge in [0, 0.05) is 12.6 Å². The normalized spacial score (nSPS) is 22.2. The third kappa shape index (κ3) is 3.89. The molecule has 0 amide bonds. The molecule has 0 fully saturated rings. The van der Waals surface area contributed by atoms with Crippen LogP contribution < -0.4 is 4.74 Å². The fraction of sp³-hybridized carbons (Fsp3) is 0.600. The van der Waals surface area contributed by atoms with Gasteiger partial charge in [0.1, 0.15) is 5.75 Å². The van der Waals surface area contributed by atoms with Crippen molar-refractivity contribution in [1.82, 2.24) is 4.90 Å². The average molecular weight is 303 g/mol. The van der Waals surface area contributed by atoms with Gasteiger partial charge in [0.25, 0.3) is 0 Å². The van der Waals surface area contributed by atoms with Gasteiger partial charge in [-0.1, -0.05) is 6.07 Å². The van der Waals surface area contributed by atoms with Crippen LogP contribution in [0.5, 0.6) is 5.75 Å². The van der Waals surface area contributed by atoms with Crippen molar-refractivity contribution in [2.24, 2.45) is 0 Å². The maximum Gasteiger partial charge on any atom is 0.390 e. The second-order valence-corrected chi connectivity index (χ2v) is 5.46. The summed E-state index contributed by atoms with van der Waals surface area (Å²) in [6, 6.07) is 5.15. The number of aliphatic hydroxyl groups is 1. The highest BCUT2D eigenvalue weighted by Gasteiger charge is 2.33. The summed E-state index contributed by atoms with van der Waals surface area (Å²) in [6.07, 6.45) is -4.43. The van der Waals surface area contributed by atoms with E-state index in [1.807, 2.05) is 6.07 Å². The predicted molar refractivity (Wildman–Crippen MR) is 73.4 cm³/mol. The van der Waals surface area contributed by atoms with Gasteiger partial charge in [0.2, 0.25) is 0 Å². The van der Waals surface area contributed by atoms with Crippen LogP contribution in [0.2, 0.25) is 0 Å².